The van der Waals surface area contributed by atoms with Gasteiger partial charge in [0.25, 0.3) is 0 Å². The number of hydrazine groups is 1. The van der Waals surface area contributed by atoms with Crippen LogP contribution in [0.1, 0.15) is 12.5 Å². The highest BCUT2D eigenvalue weighted by atomic mass is 16.5. The van der Waals surface area contributed by atoms with Gasteiger partial charge < -0.3 is 19.8 Å². The topological polar surface area (TPSA) is 71.1 Å². The lowest BCUT2D eigenvalue weighted by Crippen LogP contribution is -2.59. The van der Waals surface area contributed by atoms with E-state index >= 15 is 0 Å². The summed E-state index contributed by atoms with van der Waals surface area (Å²) >= 11 is 0. The second-order valence-corrected chi connectivity index (χ2v) is 6.03. The lowest BCUT2D eigenvalue weighted by Gasteiger charge is -2.33. The molecular weight excluding hydrogens is 334 g/mol. The molecule has 0 spiro atoms. The number of nitrogens with zero attached hydrogens (tertiary/aromatic N) is 2. The lowest BCUT2D eigenvalue weighted by atomic mass is 9.93. The van der Waals surface area contributed by atoms with Crippen LogP contribution in [0.4, 0.5) is 0 Å². The number of benzene rings is 1. The molecule has 1 aliphatic heterocycles. The maximum Gasteiger partial charge on any atom is 0.340 e. The van der Waals surface area contributed by atoms with E-state index in [-0.39, 0.29) is 12.4 Å². The van der Waals surface area contributed by atoms with Crippen molar-refractivity contribution in [1.82, 2.24) is 15.3 Å². The van der Waals surface area contributed by atoms with Gasteiger partial charge in [-0.25, -0.2) is 4.79 Å². The normalized spacial score (nSPS) is 19.4. The summed E-state index contributed by atoms with van der Waals surface area (Å²) in [5.41, 5.74) is 2.32. The summed E-state index contributed by atoms with van der Waals surface area (Å²) in [7, 11) is 5.20. The van der Waals surface area contributed by atoms with Crippen LogP contribution in [0.3, 0.4) is 0 Å². The van der Waals surface area contributed by atoms with Crippen molar-refractivity contribution in [3.8, 4) is 5.75 Å². The summed E-state index contributed by atoms with van der Waals surface area (Å²) in [4.78, 5) is 27.4. The Hall–Kier alpha value is -2.80. The molecule has 2 rings (SSSR count). The molecule has 140 valence electrons. The third-order valence-electron chi connectivity index (χ3n) is 3.94. The average molecular weight is 359 g/mol. The van der Waals surface area contributed by atoms with Crippen LogP contribution in [0.5, 0.6) is 5.75 Å². The fourth-order valence-electron chi connectivity index (χ4n) is 2.64. The Labute approximate surface area is 153 Å². The van der Waals surface area contributed by atoms with Crippen LogP contribution in [0.2, 0.25) is 0 Å². The van der Waals surface area contributed by atoms with E-state index in [9.17, 15) is 9.59 Å². The van der Waals surface area contributed by atoms with Crippen LogP contribution in [-0.4, -0.2) is 55.0 Å². The van der Waals surface area contributed by atoms with Crippen molar-refractivity contribution in [1.29, 1.82) is 0 Å². The van der Waals surface area contributed by atoms with Gasteiger partial charge in [-0.3, -0.25) is 4.79 Å². The molecule has 1 N–H and O–H groups in total. The number of esters is 1. The predicted molar refractivity (Wildman–Crippen MR) is 98.0 cm³/mol. The van der Waals surface area contributed by atoms with E-state index in [0.717, 1.165) is 5.56 Å². The average Bonchev–Trinajstić information content (AvgIpc) is 3.04. The van der Waals surface area contributed by atoms with Gasteiger partial charge in [0, 0.05) is 39.1 Å². The van der Waals surface area contributed by atoms with Gasteiger partial charge in [0.2, 0.25) is 5.54 Å². The standard InChI is InChI=1S/C19H25N3O4/c1-5-26-18(24)19(17(23)9-12-21(2)3)10-11-20-22(19)14-15-7-6-8-16(13-15)25-4/h6-13,20H,5,14H2,1-4H3. The summed E-state index contributed by atoms with van der Waals surface area (Å²) in [6.45, 7) is 2.21. The van der Waals surface area contributed by atoms with E-state index in [0.29, 0.717) is 12.3 Å². The highest BCUT2D eigenvalue weighted by molar-refractivity contribution is 6.15. The molecule has 0 aliphatic carbocycles. The highest BCUT2D eigenvalue weighted by Crippen LogP contribution is 2.27. The molecule has 1 aromatic carbocycles. The molecule has 1 unspecified atom stereocenters. The maximum atomic E-state index is 12.9. The Morgan fingerprint density at radius 3 is 2.77 bits per heavy atom. The monoisotopic (exact) mass is 359 g/mol. The molecule has 0 saturated carbocycles. The summed E-state index contributed by atoms with van der Waals surface area (Å²) in [6.07, 6.45) is 6.11. The molecule has 7 nitrogen and oxygen atoms in total. The molecule has 0 aromatic heterocycles. The van der Waals surface area contributed by atoms with Crippen molar-refractivity contribution < 1.29 is 19.1 Å². The summed E-state index contributed by atoms with van der Waals surface area (Å²) in [5.74, 6) is -0.290. The number of ether oxygens (including phenoxy) is 2. The molecule has 0 radical (unpaired) electrons. The Kier molecular flexibility index (Phi) is 6.41. The van der Waals surface area contributed by atoms with Crippen molar-refractivity contribution in [2.75, 3.05) is 27.8 Å². The van der Waals surface area contributed by atoms with Crippen LogP contribution in [-0.2, 0) is 20.9 Å². The minimum atomic E-state index is -1.55. The zero-order valence-corrected chi connectivity index (χ0v) is 15.6. The first kappa shape index (κ1) is 19.5. The molecule has 1 heterocycles. The maximum absolute atomic E-state index is 12.9. The molecule has 0 bridgehead atoms. The summed E-state index contributed by atoms with van der Waals surface area (Å²) in [6, 6.07) is 7.45. The molecule has 1 aromatic rings. The van der Waals surface area contributed by atoms with Crippen LogP contribution >= 0.6 is 0 Å². The number of hydrogen-bond acceptors (Lipinski definition) is 7. The minimum absolute atomic E-state index is 0.187. The molecule has 0 fully saturated rings. The van der Waals surface area contributed by atoms with E-state index in [1.54, 1.807) is 50.4 Å². The minimum Gasteiger partial charge on any atom is -0.497 e. The van der Waals surface area contributed by atoms with Gasteiger partial charge >= 0.3 is 5.97 Å². The summed E-state index contributed by atoms with van der Waals surface area (Å²) < 4.78 is 10.4. The number of carbonyl (C=O) groups is 2. The fourth-order valence-corrected chi connectivity index (χ4v) is 2.64. The molecule has 26 heavy (non-hydrogen) atoms. The lowest BCUT2D eigenvalue weighted by molar-refractivity contribution is -0.159. The van der Waals surface area contributed by atoms with Gasteiger partial charge in [0.05, 0.1) is 13.7 Å². The smallest absolute Gasteiger partial charge is 0.340 e. The van der Waals surface area contributed by atoms with Gasteiger partial charge in [-0.2, -0.15) is 5.01 Å². The van der Waals surface area contributed by atoms with Crippen LogP contribution in [0, 0.1) is 0 Å². The van der Waals surface area contributed by atoms with Crippen molar-refractivity contribution in [2.24, 2.45) is 0 Å². The van der Waals surface area contributed by atoms with Gasteiger partial charge in [-0.05, 0) is 30.7 Å². The van der Waals surface area contributed by atoms with E-state index in [1.165, 1.54) is 12.2 Å². The van der Waals surface area contributed by atoms with Crippen LogP contribution in [0.25, 0.3) is 0 Å². The zero-order chi connectivity index (χ0) is 19.2. The molecule has 0 amide bonds. The number of ketones is 1. The van der Waals surface area contributed by atoms with Crippen molar-refractivity contribution in [3.05, 3.63) is 54.4 Å². The van der Waals surface area contributed by atoms with E-state index in [4.69, 9.17) is 9.47 Å². The Morgan fingerprint density at radius 1 is 1.35 bits per heavy atom. The first-order valence-corrected chi connectivity index (χ1v) is 8.34. The SMILES string of the molecule is CCOC(=O)C1(C(=O)C=CN(C)C)C=CNN1Cc1cccc(OC)c1. The second-order valence-electron chi connectivity index (χ2n) is 6.03. The largest absolute Gasteiger partial charge is 0.497 e. The number of hydrogen-bond donors (Lipinski definition) is 1. The third kappa shape index (κ3) is 4.05. The van der Waals surface area contributed by atoms with Crippen molar-refractivity contribution in [2.45, 2.75) is 19.0 Å². The molecule has 1 aliphatic rings. The quantitative estimate of drug-likeness (QED) is 0.428. The summed E-state index contributed by atoms with van der Waals surface area (Å²) in [5, 5.41) is 1.57. The molecular formula is C19H25N3O4. The second kappa shape index (κ2) is 8.53. The van der Waals surface area contributed by atoms with E-state index in [1.807, 2.05) is 24.3 Å². The fraction of sp³-hybridized carbons (Fsp3) is 0.368. The van der Waals surface area contributed by atoms with Crippen LogP contribution in [0.15, 0.2) is 48.8 Å². The van der Waals surface area contributed by atoms with Crippen molar-refractivity contribution in [3.63, 3.8) is 0 Å². The third-order valence-corrected chi connectivity index (χ3v) is 3.94. The molecule has 0 saturated heterocycles. The number of methoxy groups -OCH3 is 1. The number of nitrogens with one attached hydrogen (secondary N) is 1. The van der Waals surface area contributed by atoms with Gasteiger partial charge in [-0.15, -0.1) is 0 Å². The Bertz CT molecular complexity index is 714. The Morgan fingerprint density at radius 2 is 2.12 bits per heavy atom. The van der Waals surface area contributed by atoms with E-state index < -0.39 is 11.5 Å². The number of rotatable bonds is 8. The highest BCUT2D eigenvalue weighted by Gasteiger charge is 2.51. The van der Waals surface area contributed by atoms with Crippen LogP contribution < -0.4 is 10.2 Å². The van der Waals surface area contributed by atoms with Gasteiger partial charge in [0.1, 0.15) is 5.75 Å². The van der Waals surface area contributed by atoms with Gasteiger partial charge in [-0.1, -0.05) is 12.1 Å². The van der Waals surface area contributed by atoms with Gasteiger partial charge in [0.15, 0.2) is 5.78 Å². The zero-order valence-electron chi connectivity index (χ0n) is 15.6. The number of carbonyl (C=O) groups excluding carboxylic acids is 2. The molecule has 1 atom stereocenters. The van der Waals surface area contributed by atoms with E-state index in [2.05, 4.69) is 5.43 Å². The Balaban J connectivity index is 2.36. The molecule has 7 heteroatoms. The first-order chi connectivity index (χ1) is 12.4. The first-order valence-electron chi connectivity index (χ1n) is 8.34. The predicted octanol–water partition coefficient (Wildman–Crippen LogP) is 1.48. The van der Waals surface area contributed by atoms with Crippen molar-refractivity contribution >= 4 is 11.8 Å².